The second-order valence-corrected chi connectivity index (χ2v) is 16.1. The van der Waals surface area contributed by atoms with Crippen molar-refractivity contribution in [3.63, 3.8) is 0 Å². The number of thioether (sulfide) groups is 1. The summed E-state index contributed by atoms with van der Waals surface area (Å²) in [7, 11) is 0. The molecular formula is C43H54N4O5S. The summed E-state index contributed by atoms with van der Waals surface area (Å²) >= 11 is 1.70. The topological polar surface area (TPSA) is 119 Å². The highest BCUT2D eigenvalue weighted by molar-refractivity contribution is 7.99. The molecule has 3 fully saturated rings. The maximum absolute atomic E-state index is 14.3. The number of rotatable bonds is 14. The number of hydrogen-bond donors (Lipinski definition) is 3. The van der Waals surface area contributed by atoms with E-state index >= 15 is 0 Å². The molecule has 3 heterocycles. The van der Waals surface area contributed by atoms with E-state index in [1.807, 2.05) is 71.6 Å². The average molecular weight is 739 g/mol. The third kappa shape index (κ3) is 10.5. The summed E-state index contributed by atoms with van der Waals surface area (Å²) in [4.78, 5) is 57.8. The Kier molecular flexibility index (Phi) is 14.0. The number of para-hydroxylation sites is 1. The molecule has 0 saturated carbocycles. The molecule has 0 radical (unpaired) electrons. The fraction of sp³-hybridized carbons (Fsp3) is 0.488. The quantitative estimate of drug-likeness (QED) is 0.174. The van der Waals surface area contributed by atoms with Crippen molar-refractivity contribution in [3.8, 4) is 0 Å². The fourth-order valence-electron chi connectivity index (χ4n) is 8.18. The van der Waals surface area contributed by atoms with Crippen molar-refractivity contribution < 1.29 is 24.3 Å². The molecule has 0 aromatic heterocycles. The van der Waals surface area contributed by atoms with Crippen molar-refractivity contribution in [2.75, 3.05) is 23.7 Å². The Morgan fingerprint density at radius 3 is 2.11 bits per heavy atom. The summed E-state index contributed by atoms with van der Waals surface area (Å²) in [5.41, 5.74) is 3.12. The zero-order chi connectivity index (χ0) is 37.0. The second kappa shape index (κ2) is 19.3. The molecule has 3 saturated heterocycles. The van der Waals surface area contributed by atoms with E-state index in [2.05, 4.69) is 34.9 Å². The number of amides is 3. The number of anilines is 1. The van der Waals surface area contributed by atoms with Gasteiger partial charge in [0.15, 0.2) is 0 Å². The Balaban J connectivity index is 1.17. The first-order valence-electron chi connectivity index (χ1n) is 19.5. The third-order valence-electron chi connectivity index (χ3n) is 11.1. The van der Waals surface area contributed by atoms with Crippen LogP contribution >= 0.6 is 11.8 Å². The standard InChI is InChI=1S/C43H54N4O5S/c48-40(45-37-20-11-4-12-26-46(41(37)49)35-18-9-3-10-19-35)34(29-32-16-7-2-8-17-32)24-23-33(28-31-14-5-1-6-15-31)30-44-36-25-27-53-39-22-13-21-38(43(51)52)47(39)42(36)50/h1-3,5-10,14-19,33-34,36-39,44H,4,11-13,20-30H2,(H,45,48)(H,51,52)/t33-,34-,36?,37+,38?,39?/m1/s1. The second-order valence-electron chi connectivity index (χ2n) is 14.9. The van der Waals surface area contributed by atoms with Gasteiger partial charge in [0.2, 0.25) is 17.7 Å². The maximum Gasteiger partial charge on any atom is 0.326 e. The number of carboxylic acid groups (broad SMARTS) is 1. The summed E-state index contributed by atoms with van der Waals surface area (Å²) in [6, 6.07) is 28.3. The lowest BCUT2D eigenvalue weighted by Gasteiger charge is -2.39. The van der Waals surface area contributed by atoms with Crippen LogP contribution in [-0.2, 0) is 32.0 Å². The number of carbonyl (C=O) groups excluding carboxylic acids is 3. The first-order chi connectivity index (χ1) is 25.9. The molecule has 6 atom stereocenters. The molecule has 6 rings (SSSR count). The SMILES string of the molecule is O=C(O)C1CCCC2SCCC(NC[C@H](CC[C@H](Cc3ccccc3)C(=O)N[C@H]3CCCCCN(c4ccccc4)C3=O)Cc3ccccc3)C(=O)N21. The number of piperidine rings is 1. The molecule has 3 aliphatic rings. The van der Waals surface area contributed by atoms with Gasteiger partial charge in [-0.15, -0.1) is 11.8 Å². The van der Waals surface area contributed by atoms with E-state index in [9.17, 15) is 24.3 Å². The van der Waals surface area contributed by atoms with Crippen LogP contribution in [0.1, 0.15) is 75.3 Å². The Bertz CT molecular complexity index is 1640. The molecule has 0 bridgehead atoms. The molecule has 3 unspecified atom stereocenters. The van der Waals surface area contributed by atoms with Crippen molar-refractivity contribution in [2.24, 2.45) is 11.8 Å². The molecule has 0 aliphatic carbocycles. The van der Waals surface area contributed by atoms with E-state index in [1.165, 1.54) is 5.56 Å². The lowest BCUT2D eigenvalue weighted by Crippen LogP contribution is -2.56. The van der Waals surface area contributed by atoms with Crippen molar-refractivity contribution in [1.29, 1.82) is 0 Å². The first-order valence-corrected chi connectivity index (χ1v) is 20.6. The molecule has 282 valence electrons. The maximum atomic E-state index is 14.3. The van der Waals surface area contributed by atoms with Gasteiger partial charge in [-0.2, -0.15) is 0 Å². The van der Waals surface area contributed by atoms with Crippen molar-refractivity contribution >= 4 is 41.1 Å². The van der Waals surface area contributed by atoms with Crippen molar-refractivity contribution in [1.82, 2.24) is 15.5 Å². The van der Waals surface area contributed by atoms with Gasteiger partial charge in [-0.3, -0.25) is 14.4 Å². The van der Waals surface area contributed by atoms with Crippen molar-refractivity contribution in [3.05, 3.63) is 102 Å². The lowest BCUT2D eigenvalue weighted by molar-refractivity contribution is -0.153. The predicted molar refractivity (Wildman–Crippen MR) is 210 cm³/mol. The van der Waals surface area contributed by atoms with Crippen LogP contribution in [0.4, 0.5) is 5.69 Å². The van der Waals surface area contributed by atoms with Gasteiger partial charge in [0.05, 0.1) is 11.4 Å². The monoisotopic (exact) mass is 738 g/mol. The molecule has 3 N–H and O–H groups in total. The lowest BCUT2D eigenvalue weighted by atomic mass is 9.87. The van der Waals surface area contributed by atoms with Gasteiger partial charge in [0, 0.05) is 18.2 Å². The minimum atomic E-state index is -0.928. The van der Waals surface area contributed by atoms with E-state index in [-0.39, 0.29) is 34.9 Å². The fourth-order valence-corrected chi connectivity index (χ4v) is 9.57. The molecule has 3 aromatic rings. The zero-order valence-electron chi connectivity index (χ0n) is 30.6. The predicted octanol–water partition coefficient (Wildman–Crippen LogP) is 6.46. The number of hydrogen-bond acceptors (Lipinski definition) is 6. The van der Waals surface area contributed by atoms with E-state index in [4.69, 9.17) is 0 Å². The highest BCUT2D eigenvalue weighted by Crippen LogP contribution is 2.34. The number of carboxylic acids is 1. The molecule has 3 amide bonds. The van der Waals surface area contributed by atoms with Gasteiger partial charge in [0.1, 0.15) is 12.1 Å². The highest BCUT2D eigenvalue weighted by Gasteiger charge is 2.42. The first kappa shape index (κ1) is 38.6. The van der Waals surface area contributed by atoms with E-state index in [0.29, 0.717) is 45.2 Å². The van der Waals surface area contributed by atoms with Crippen LogP contribution < -0.4 is 15.5 Å². The van der Waals surface area contributed by atoms with Gasteiger partial charge in [-0.1, -0.05) is 91.7 Å². The summed E-state index contributed by atoms with van der Waals surface area (Å²) in [6.45, 7) is 1.20. The third-order valence-corrected chi connectivity index (χ3v) is 12.4. The van der Waals surface area contributed by atoms with Crippen LogP contribution in [0, 0.1) is 11.8 Å². The zero-order valence-corrected chi connectivity index (χ0v) is 31.4. The van der Waals surface area contributed by atoms with Crippen LogP contribution in [0.15, 0.2) is 91.0 Å². The summed E-state index contributed by atoms with van der Waals surface area (Å²) < 4.78 is 0. The smallest absolute Gasteiger partial charge is 0.326 e. The number of nitrogens with one attached hydrogen (secondary N) is 2. The minimum Gasteiger partial charge on any atom is -0.480 e. The summed E-state index contributed by atoms with van der Waals surface area (Å²) in [5, 5.41) is 16.7. The minimum absolute atomic E-state index is 0.0545. The molecule has 3 aliphatic heterocycles. The number of benzene rings is 3. The van der Waals surface area contributed by atoms with Gasteiger partial charge in [0.25, 0.3) is 0 Å². The molecule has 0 spiro atoms. The normalized spacial score (nSPS) is 23.5. The van der Waals surface area contributed by atoms with Crippen LogP contribution in [-0.4, -0.2) is 76.0 Å². The highest BCUT2D eigenvalue weighted by atomic mass is 32.2. The van der Waals surface area contributed by atoms with E-state index in [1.54, 1.807) is 16.7 Å². The van der Waals surface area contributed by atoms with Gasteiger partial charge in [-0.25, -0.2) is 4.79 Å². The summed E-state index contributed by atoms with van der Waals surface area (Å²) in [5.74, 6) is -0.624. The molecular weight excluding hydrogens is 685 g/mol. The Morgan fingerprint density at radius 1 is 0.736 bits per heavy atom. The Morgan fingerprint density at radius 2 is 1.42 bits per heavy atom. The van der Waals surface area contributed by atoms with Gasteiger partial charge < -0.3 is 25.5 Å². The molecule has 53 heavy (non-hydrogen) atoms. The van der Waals surface area contributed by atoms with Gasteiger partial charge >= 0.3 is 5.97 Å². The number of nitrogens with zero attached hydrogens (tertiary/aromatic N) is 2. The van der Waals surface area contributed by atoms with Crippen LogP contribution in [0.25, 0.3) is 0 Å². The Labute approximate surface area is 318 Å². The van der Waals surface area contributed by atoms with Crippen LogP contribution in [0.5, 0.6) is 0 Å². The summed E-state index contributed by atoms with van der Waals surface area (Å²) in [6.07, 6.45) is 8.90. The van der Waals surface area contributed by atoms with E-state index in [0.717, 1.165) is 61.9 Å². The number of carbonyl (C=O) groups is 4. The number of aliphatic carboxylic acids is 1. The van der Waals surface area contributed by atoms with E-state index < -0.39 is 24.1 Å². The average Bonchev–Trinajstić information content (AvgIpc) is 3.34. The van der Waals surface area contributed by atoms with Crippen LogP contribution in [0.3, 0.4) is 0 Å². The number of fused-ring (bicyclic) bond motifs is 1. The Hall–Kier alpha value is -4.15. The molecule has 10 heteroatoms. The largest absolute Gasteiger partial charge is 0.480 e. The van der Waals surface area contributed by atoms with Crippen molar-refractivity contribution in [2.45, 2.75) is 101 Å². The molecule has 9 nitrogen and oxygen atoms in total. The van der Waals surface area contributed by atoms with Crippen LogP contribution in [0.2, 0.25) is 0 Å². The van der Waals surface area contributed by atoms with Gasteiger partial charge in [-0.05, 0) is 106 Å². The molecule has 3 aromatic carbocycles.